The number of nitrogens with one attached hydrogen (secondary N) is 1. The number of hydrogen-bond donors (Lipinski definition) is 2. The molecule has 0 radical (unpaired) electrons. The van der Waals surface area contributed by atoms with Gasteiger partial charge in [-0.3, -0.25) is 9.59 Å². The lowest BCUT2D eigenvalue weighted by molar-refractivity contribution is 0.100. The summed E-state index contributed by atoms with van der Waals surface area (Å²) in [6, 6.07) is 9.06. The van der Waals surface area contributed by atoms with Gasteiger partial charge in [-0.15, -0.1) is 0 Å². The molecule has 0 saturated carbocycles. The number of nitrogens with two attached hydrogens (primary N) is 1. The Hall–Kier alpha value is -1.96. The molecule has 1 amide bonds. The summed E-state index contributed by atoms with van der Waals surface area (Å²) >= 11 is 2.00. The molecule has 0 saturated heterocycles. The molecule has 0 aliphatic rings. The maximum absolute atomic E-state index is 13.8. The summed E-state index contributed by atoms with van der Waals surface area (Å²) in [5, 5.41) is 2.81. The first-order valence-corrected chi connectivity index (χ1v) is 6.70. The van der Waals surface area contributed by atoms with Gasteiger partial charge in [0.2, 0.25) is 0 Å². The molecule has 2 rings (SSSR count). The maximum Gasteiger partial charge on any atom is 0.250 e. The van der Waals surface area contributed by atoms with Crippen LogP contribution in [0.5, 0.6) is 0 Å². The highest BCUT2D eigenvalue weighted by atomic mass is 127. The molecule has 4 nitrogen and oxygen atoms in total. The van der Waals surface area contributed by atoms with E-state index in [9.17, 15) is 14.0 Å². The van der Waals surface area contributed by atoms with Crippen molar-refractivity contribution >= 4 is 46.2 Å². The molecule has 0 aliphatic heterocycles. The summed E-state index contributed by atoms with van der Waals surface area (Å²) < 4.78 is 14.5. The van der Waals surface area contributed by atoms with E-state index in [1.165, 1.54) is 24.3 Å². The van der Waals surface area contributed by atoms with Crippen molar-refractivity contribution in [3.63, 3.8) is 0 Å². The van der Waals surface area contributed by atoms with Crippen LogP contribution in [-0.4, -0.2) is 12.2 Å². The molecule has 20 heavy (non-hydrogen) atoms. The molecule has 6 heteroatoms. The second-order valence-corrected chi connectivity index (χ2v) is 5.28. The van der Waals surface area contributed by atoms with Crippen LogP contribution < -0.4 is 11.1 Å². The van der Waals surface area contributed by atoms with Crippen LogP contribution >= 0.6 is 22.6 Å². The fraction of sp³-hybridized carbons (Fsp3) is 0. The minimum absolute atomic E-state index is 0.132. The Balaban J connectivity index is 2.42. The molecule has 0 aliphatic carbocycles. The van der Waals surface area contributed by atoms with E-state index in [0.717, 1.165) is 3.57 Å². The largest absolute Gasteiger partial charge is 0.366 e. The van der Waals surface area contributed by atoms with Gasteiger partial charge in [-0.05, 0) is 59.0 Å². The van der Waals surface area contributed by atoms with Crippen molar-refractivity contribution in [3.05, 3.63) is 56.9 Å². The number of hydrogen-bond acceptors (Lipinski definition) is 3. The van der Waals surface area contributed by atoms with E-state index in [1.54, 1.807) is 12.1 Å². The number of anilines is 2. The van der Waals surface area contributed by atoms with Crippen molar-refractivity contribution in [2.75, 3.05) is 5.32 Å². The van der Waals surface area contributed by atoms with Crippen LogP contribution in [0.4, 0.5) is 15.8 Å². The van der Waals surface area contributed by atoms with Gasteiger partial charge < -0.3 is 11.1 Å². The van der Waals surface area contributed by atoms with Gasteiger partial charge in [0.25, 0.3) is 5.91 Å². The Morgan fingerprint density at radius 3 is 2.50 bits per heavy atom. The Labute approximate surface area is 128 Å². The van der Waals surface area contributed by atoms with Crippen molar-refractivity contribution < 1.29 is 14.0 Å². The topological polar surface area (TPSA) is 72.2 Å². The standard InChI is InChI=1S/C14H10FIN2O2/c15-11-6-9(16)2-4-13(11)18-12-3-1-8(7-19)5-10(12)14(17)20/h1-7,18H,(H2,17,20). The highest BCUT2D eigenvalue weighted by Crippen LogP contribution is 2.24. The number of primary amides is 1. The van der Waals surface area contributed by atoms with Gasteiger partial charge in [0.05, 0.1) is 16.9 Å². The number of amides is 1. The number of aldehydes is 1. The maximum atomic E-state index is 13.8. The molecular weight excluding hydrogens is 374 g/mol. The highest BCUT2D eigenvalue weighted by Gasteiger charge is 2.11. The lowest BCUT2D eigenvalue weighted by atomic mass is 10.1. The Kier molecular flexibility index (Phi) is 4.33. The Morgan fingerprint density at radius 2 is 1.90 bits per heavy atom. The SMILES string of the molecule is NC(=O)c1cc(C=O)ccc1Nc1ccc(I)cc1F. The lowest BCUT2D eigenvalue weighted by Gasteiger charge is -2.11. The zero-order valence-electron chi connectivity index (χ0n) is 10.2. The van der Waals surface area contributed by atoms with E-state index in [2.05, 4.69) is 5.32 Å². The summed E-state index contributed by atoms with van der Waals surface area (Å²) in [6.07, 6.45) is 0.613. The summed E-state index contributed by atoms with van der Waals surface area (Å²) in [5.74, 6) is -1.13. The quantitative estimate of drug-likeness (QED) is 0.629. The normalized spacial score (nSPS) is 10.1. The summed E-state index contributed by atoms with van der Waals surface area (Å²) in [7, 11) is 0. The molecular formula is C14H10FIN2O2. The predicted octanol–water partition coefficient (Wildman–Crippen LogP) is 3.09. The second-order valence-electron chi connectivity index (χ2n) is 4.04. The van der Waals surface area contributed by atoms with Crippen LogP contribution in [0.3, 0.4) is 0 Å². The number of carbonyl (C=O) groups is 2. The third-order valence-corrected chi connectivity index (χ3v) is 3.32. The number of halogens is 2. The molecule has 2 aromatic carbocycles. The van der Waals surface area contributed by atoms with Gasteiger partial charge in [0.15, 0.2) is 0 Å². The molecule has 0 unspecified atom stereocenters. The molecule has 0 fully saturated rings. The van der Waals surface area contributed by atoms with Crippen molar-refractivity contribution in [2.45, 2.75) is 0 Å². The van der Waals surface area contributed by atoms with Crippen LogP contribution in [0.2, 0.25) is 0 Å². The van der Waals surface area contributed by atoms with E-state index in [1.807, 2.05) is 22.6 Å². The van der Waals surface area contributed by atoms with Gasteiger partial charge in [0.1, 0.15) is 12.1 Å². The van der Waals surface area contributed by atoms with Crippen molar-refractivity contribution in [1.29, 1.82) is 0 Å². The van der Waals surface area contributed by atoms with E-state index < -0.39 is 11.7 Å². The Bertz CT molecular complexity index is 689. The van der Waals surface area contributed by atoms with Crippen molar-refractivity contribution in [2.24, 2.45) is 5.73 Å². The minimum Gasteiger partial charge on any atom is -0.366 e. The number of rotatable bonds is 4. The lowest BCUT2D eigenvalue weighted by Crippen LogP contribution is -2.14. The van der Waals surface area contributed by atoms with Crippen molar-refractivity contribution in [3.8, 4) is 0 Å². The first kappa shape index (κ1) is 14.4. The van der Waals surface area contributed by atoms with Crippen LogP contribution in [0, 0.1) is 9.39 Å². The van der Waals surface area contributed by atoms with Gasteiger partial charge in [-0.2, -0.15) is 0 Å². The van der Waals surface area contributed by atoms with Crippen LogP contribution in [0.15, 0.2) is 36.4 Å². The first-order valence-electron chi connectivity index (χ1n) is 5.62. The molecule has 102 valence electrons. The van der Waals surface area contributed by atoms with Crippen molar-refractivity contribution in [1.82, 2.24) is 0 Å². The average molecular weight is 384 g/mol. The minimum atomic E-state index is -0.692. The molecule has 2 aromatic rings. The molecule has 3 N–H and O–H groups in total. The zero-order valence-corrected chi connectivity index (χ0v) is 12.3. The molecule has 0 aromatic heterocycles. The van der Waals surface area contributed by atoms with Crippen LogP contribution in [-0.2, 0) is 0 Å². The second kappa shape index (κ2) is 6.00. The van der Waals surface area contributed by atoms with E-state index in [-0.39, 0.29) is 11.3 Å². The summed E-state index contributed by atoms with van der Waals surface area (Å²) in [6.45, 7) is 0. The number of benzene rings is 2. The first-order chi connectivity index (χ1) is 9.51. The monoisotopic (exact) mass is 384 g/mol. The summed E-state index contributed by atoms with van der Waals surface area (Å²) in [4.78, 5) is 22.1. The highest BCUT2D eigenvalue weighted by molar-refractivity contribution is 14.1. The van der Waals surface area contributed by atoms with Gasteiger partial charge in [-0.1, -0.05) is 0 Å². The smallest absolute Gasteiger partial charge is 0.250 e. The molecule has 0 atom stereocenters. The number of carbonyl (C=O) groups excluding carboxylic acids is 2. The van der Waals surface area contributed by atoms with E-state index in [4.69, 9.17) is 5.73 Å². The third-order valence-electron chi connectivity index (χ3n) is 2.65. The molecule has 0 bridgehead atoms. The van der Waals surface area contributed by atoms with Gasteiger partial charge >= 0.3 is 0 Å². The van der Waals surface area contributed by atoms with Crippen LogP contribution in [0.1, 0.15) is 20.7 Å². The molecule has 0 heterocycles. The fourth-order valence-electron chi connectivity index (χ4n) is 1.68. The third kappa shape index (κ3) is 3.13. The van der Waals surface area contributed by atoms with Gasteiger partial charge in [-0.25, -0.2) is 4.39 Å². The Morgan fingerprint density at radius 1 is 1.20 bits per heavy atom. The van der Waals surface area contributed by atoms with Gasteiger partial charge in [0, 0.05) is 9.13 Å². The predicted molar refractivity (Wildman–Crippen MR) is 82.7 cm³/mol. The van der Waals surface area contributed by atoms with E-state index in [0.29, 0.717) is 17.5 Å². The van der Waals surface area contributed by atoms with Crippen LogP contribution in [0.25, 0.3) is 0 Å². The fourth-order valence-corrected chi connectivity index (χ4v) is 2.14. The summed E-state index contributed by atoms with van der Waals surface area (Å²) in [5.41, 5.74) is 6.30. The molecule has 0 spiro atoms. The zero-order chi connectivity index (χ0) is 14.7. The average Bonchev–Trinajstić information content (AvgIpc) is 2.42. The van der Waals surface area contributed by atoms with E-state index >= 15 is 0 Å².